The van der Waals surface area contributed by atoms with Crippen molar-refractivity contribution in [1.82, 2.24) is 0 Å². The van der Waals surface area contributed by atoms with Crippen LogP contribution >= 0.6 is 0 Å². The smallest absolute Gasteiger partial charge is 0.228 e. The first-order valence-electron chi connectivity index (χ1n) is 7.67. The summed E-state index contributed by atoms with van der Waals surface area (Å²) in [6, 6.07) is 3.85. The topological polar surface area (TPSA) is 67.1 Å². The summed E-state index contributed by atoms with van der Waals surface area (Å²) in [6.07, 6.45) is 8.13. The van der Waals surface area contributed by atoms with Gasteiger partial charge in [0.2, 0.25) is 5.91 Å². The lowest BCUT2D eigenvalue weighted by atomic mass is 10.1. The summed E-state index contributed by atoms with van der Waals surface area (Å²) in [6.45, 7) is 3.17. The van der Waals surface area contributed by atoms with E-state index in [1.807, 2.05) is 12.1 Å². The van der Waals surface area contributed by atoms with Crippen molar-refractivity contribution in [3.8, 4) is 0 Å². The van der Waals surface area contributed by atoms with E-state index in [0.717, 1.165) is 35.6 Å². The van der Waals surface area contributed by atoms with Gasteiger partial charge in [-0.1, -0.05) is 39.0 Å². The monoisotopic (exact) mass is 275 g/mol. The number of benzene rings is 1. The summed E-state index contributed by atoms with van der Waals surface area (Å²) in [4.78, 5) is 11.3. The highest BCUT2D eigenvalue weighted by atomic mass is 16.1. The molecule has 0 fully saturated rings. The van der Waals surface area contributed by atoms with Crippen molar-refractivity contribution in [1.29, 1.82) is 0 Å². The molecule has 2 rings (SSSR count). The Morgan fingerprint density at radius 1 is 1.20 bits per heavy atom. The Bertz CT molecular complexity index is 471. The maximum atomic E-state index is 11.3. The molecule has 0 saturated carbocycles. The van der Waals surface area contributed by atoms with Crippen molar-refractivity contribution >= 4 is 23.0 Å². The number of nitrogens with two attached hydrogens (primary N) is 1. The number of hydrogen-bond donors (Lipinski definition) is 3. The SMILES string of the molecule is CCCCCCCCNc1cc2c(cc1N)CC(=O)N2. The van der Waals surface area contributed by atoms with Crippen LogP contribution in [0.2, 0.25) is 0 Å². The molecule has 1 amide bonds. The first kappa shape index (κ1) is 14.7. The fourth-order valence-electron chi connectivity index (χ4n) is 2.58. The molecule has 0 aliphatic carbocycles. The molecule has 0 spiro atoms. The van der Waals surface area contributed by atoms with Gasteiger partial charge in [0.05, 0.1) is 17.8 Å². The number of anilines is 3. The first-order chi connectivity index (χ1) is 9.70. The quantitative estimate of drug-likeness (QED) is 0.502. The van der Waals surface area contributed by atoms with Gasteiger partial charge in [0.1, 0.15) is 0 Å². The molecule has 0 saturated heterocycles. The summed E-state index contributed by atoms with van der Waals surface area (Å²) in [5.74, 6) is 0.0486. The van der Waals surface area contributed by atoms with E-state index >= 15 is 0 Å². The average Bonchev–Trinajstić information content (AvgIpc) is 2.77. The number of nitrogens with one attached hydrogen (secondary N) is 2. The third-order valence-corrected chi connectivity index (χ3v) is 3.75. The number of nitrogen functional groups attached to an aromatic ring is 1. The zero-order valence-corrected chi connectivity index (χ0v) is 12.3. The van der Waals surface area contributed by atoms with Gasteiger partial charge in [-0.05, 0) is 24.1 Å². The van der Waals surface area contributed by atoms with Crippen LogP contribution in [-0.2, 0) is 11.2 Å². The molecule has 0 radical (unpaired) electrons. The van der Waals surface area contributed by atoms with Gasteiger partial charge in [0.15, 0.2) is 0 Å². The lowest BCUT2D eigenvalue weighted by Gasteiger charge is -2.11. The molecule has 0 atom stereocenters. The third-order valence-electron chi connectivity index (χ3n) is 3.75. The fourth-order valence-corrected chi connectivity index (χ4v) is 2.58. The number of amides is 1. The number of fused-ring (bicyclic) bond motifs is 1. The predicted molar refractivity (Wildman–Crippen MR) is 85.1 cm³/mol. The van der Waals surface area contributed by atoms with Crippen LogP contribution in [0.3, 0.4) is 0 Å². The molecule has 0 unspecified atom stereocenters. The van der Waals surface area contributed by atoms with E-state index in [4.69, 9.17) is 5.73 Å². The number of rotatable bonds is 8. The highest BCUT2D eigenvalue weighted by Crippen LogP contribution is 2.31. The first-order valence-corrected chi connectivity index (χ1v) is 7.67. The van der Waals surface area contributed by atoms with Crippen LogP contribution in [0.15, 0.2) is 12.1 Å². The molecule has 1 aliphatic rings. The average molecular weight is 275 g/mol. The lowest BCUT2D eigenvalue weighted by Crippen LogP contribution is -2.05. The van der Waals surface area contributed by atoms with Crippen LogP contribution in [0.5, 0.6) is 0 Å². The highest BCUT2D eigenvalue weighted by Gasteiger charge is 2.18. The summed E-state index contributed by atoms with van der Waals surface area (Å²) in [5, 5.41) is 6.23. The van der Waals surface area contributed by atoms with E-state index in [0.29, 0.717) is 6.42 Å². The minimum absolute atomic E-state index is 0.0486. The Morgan fingerprint density at radius 2 is 1.95 bits per heavy atom. The summed E-state index contributed by atoms with van der Waals surface area (Å²) in [5.41, 5.74) is 9.57. The maximum absolute atomic E-state index is 11.3. The number of carbonyl (C=O) groups excluding carboxylic acids is 1. The second-order valence-electron chi connectivity index (χ2n) is 5.52. The molecule has 4 nitrogen and oxygen atoms in total. The summed E-state index contributed by atoms with van der Waals surface area (Å²) < 4.78 is 0. The van der Waals surface area contributed by atoms with Gasteiger partial charge in [-0.25, -0.2) is 0 Å². The van der Waals surface area contributed by atoms with E-state index in [-0.39, 0.29) is 5.91 Å². The van der Waals surface area contributed by atoms with Crippen LogP contribution in [0.1, 0.15) is 51.0 Å². The molecule has 1 aliphatic heterocycles. The van der Waals surface area contributed by atoms with Crippen LogP contribution < -0.4 is 16.4 Å². The van der Waals surface area contributed by atoms with E-state index in [9.17, 15) is 4.79 Å². The van der Waals surface area contributed by atoms with E-state index < -0.39 is 0 Å². The van der Waals surface area contributed by atoms with Gasteiger partial charge in [-0.3, -0.25) is 4.79 Å². The molecule has 4 N–H and O–H groups in total. The number of unbranched alkanes of at least 4 members (excludes halogenated alkanes) is 5. The van der Waals surface area contributed by atoms with Crippen molar-refractivity contribution < 1.29 is 4.79 Å². The Morgan fingerprint density at radius 3 is 2.75 bits per heavy atom. The fraction of sp³-hybridized carbons (Fsp3) is 0.562. The highest BCUT2D eigenvalue weighted by molar-refractivity contribution is 6.00. The molecule has 1 aromatic carbocycles. The zero-order valence-electron chi connectivity index (χ0n) is 12.3. The third kappa shape index (κ3) is 3.89. The Labute approximate surface area is 121 Å². The Kier molecular flexibility index (Phi) is 5.27. The van der Waals surface area contributed by atoms with Gasteiger partial charge < -0.3 is 16.4 Å². The van der Waals surface area contributed by atoms with Gasteiger partial charge in [-0.15, -0.1) is 0 Å². The molecule has 0 bridgehead atoms. The molecular weight excluding hydrogens is 250 g/mol. The largest absolute Gasteiger partial charge is 0.397 e. The second kappa shape index (κ2) is 7.17. The minimum Gasteiger partial charge on any atom is -0.397 e. The molecule has 110 valence electrons. The minimum atomic E-state index is 0.0486. The second-order valence-corrected chi connectivity index (χ2v) is 5.52. The van der Waals surface area contributed by atoms with Crippen molar-refractivity contribution in [2.75, 3.05) is 22.9 Å². The van der Waals surface area contributed by atoms with Crippen LogP contribution in [0, 0.1) is 0 Å². The molecule has 20 heavy (non-hydrogen) atoms. The molecule has 0 aromatic heterocycles. The van der Waals surface area contributed by atoms with Gasteiger partial charge >= 0.3 is 0 Å². The zero-order chi connectivity index (χ0) is 14.4. The molecular formula is C16H25N3O. The van der Waals surface area contributed by atoms with Crippen molar-refractivity contribution in [2.24, 2.45) is 0 Å². The van der Waals surface area contributed by atoms with Gasteiger partial charge in [-0.2, -0.15) is 0 Å². The van der Waals surface area contributed by atoms with Crippen LogP contribution in [0.25, 0.3) is 0 Å². The van der Waals surface area contributed by atoms with E-state index in [1.54, 1.807) is 0 Å². The molecule has 4 heteroatoms. The molecule has 1 heterocycles. The van der Waals surface area contributed by atoms with E-state index in [2.05, 4.69) is 17.6 Å². The normalized spacial score (nSPS) is 13.2. The van der Waals surface area contributed by atoms with Crippen molar-refractivity contribution in [3.63, 3.8) is 0 Å². The predicted octanol–water partition coefficient (Wildman–Crippen LogP) is 3.54. The Hall–Kier alpha value is -1.71. The Balaban J connectivity index is 1.76. The van der Waals surface area contributed by atoms with Gasteiger partial charge in [0.25, 0.3) is 0 Å². The van der Waals surface area contributed by atoms with Crippen LogP contribution in [-0.4, -0.2) is 12.5 Å². The summed E-state index contributed by atoms with van der Waals surface area (Å²) in [7, 11) is 0. The lowest BCUT2D eigenvalue weighted by molar-refractivity contribution is -0.115. The van der Waals surface area contributed by atoms with Crippen molar-refractivity contribution in [2.45, 2.75) is 51.9 Å². The van der Waals surface area contributed by atoms with Crippen LogP contribution in [0.4, 0.5) is 17.1 Å². The maximum Gasteiger partial charge on any atom is 0.228 e. The van der Waals surface area contributed by atoms with E-state index in [1.165, 1.54) is 32.1 Å². The van der Waals surface area contributed by atoms with Gasteiger partial charge in [0, 0.05) is 12.2 Å². The standard InChI is InChI=1S/C16H25N3O/c1-2-3-4-5-6-7-8-18-15-11-14-12(9-13(15)17)10-16(20)19-14/h9,11,18H,2-8,10,17H2,1H3,(H,19,20). The molecule has 1 aromatic rings. The summed E-state index contributed by atoms with van der Waals surface area (Å²) >= 11 is 0. The number of carbonyl (C=O) groups is 1. The number of hydrogen-bond acceptors (Lipinski definition) is 3. The van der Waals surface area contributed by atoms with Crippen molar-refractivity contribution in [3.05, 3.63) is 17.7 Å².